The molecular formula is C15H16N2O3S. The zero-order valence-electron chi connectivity index (χ0n) is 11.8. The van der Waals surface area contributed by atoms with Crippen molar-refractivity contribution >= 4 is 28.9 Å². The van der Waals surface area contributed by atoms with Crippen molar-refractivity contribution in [2.45, 2.75) is 26.7 Å². The number of thiazole rings is 1. The number of aromatic nitrogens is 1. The lowest BCUT2D eigenvalue weighted by atomic mass is 10.1. The largest absolute Gasteiger partial charge is 0.478 e. The molecule has 2 aromatic rings. The Bertz CT molecular complexity index is 679. The number of para-hydroxylation sites is 1. The molecule has 0 atom stereocenters. The summed E-state index contributed by atoms with van der Waals surface area (Å²) in [5.41, 5.74) is 2.08. The third-order valence-electron chi connectivity index (χ3n) is 3.04. The smallest absolute Gasteiger partial charge is 0.337 e. The van der Waals surface area contributed by atoms with Crippen LogP contribution in [0.4, 0.5) is 5.69 Å². The van der Waals surface area contributed by atoms with Crippen LogP contribution in [0.1, 0.15) is 33.0 Å². The molecule has 2 rings (SSSR count). The fraction of sp³-hybridized carbons (Fsp3) is 0.267. The number of aromatic carboxylic acids is 1. The molecular weight excluding hydrogens is 288 g/mol. The number of amides is 1. The fourth-order valence-corrected chi connectivity index (χ4v) is 2.63. The van der Waals surface area contributed by atoms with Crippen LogP contribution in [0.15, 0.2) is 23.6 Å². The lowest BCUT2D eigenvalue weighted by Gasteiger charge is -2.11. The Balaban J connectivity index is 2.04. The van der Waals surface area contributed by atoms with E-state index in [9.17, 15) is 9.59 Å². The first kappa shape index (κ1) is 15.2. The number of aryl methyl sites for hydroxylation is 3. The third-order valence-corrected chi connectivity index (χ3v) is 3.86. The van der Waals surface area contributed by atoms with Crippen LogP contribution in [0.2, 0.25) is 0 Å². The molecule has 0 spiro atoms. The molecule has 0 bridgehead atoms. The highest BCUT2D eigenvalue weighted by Gasteiger charge is 2.14. The van der Waals surface area contributed by atoms with Gasteiger partial charge in [-0.05, 0) is 31.9 Å². The SMILES string of the molecule is Cc1nc(CCC(=O)Nc2c(C)cccc2C(=O)O)cs1. The zero-order chi connectivity index (χ0) is 15.4. The lowest BCUT2D eigenvalue weighted by molar-refractivity contribution is -0.116. The summed E-state index contributed by atoms with van der Waals surface area (Å²) in [4.78, 5) is 27.5. The molecule has 0 aliphatic heterocycles. The van der Waals surface area contributed by atoms with Gasteiger partial charge < -0.3 is 10.4 Å². The number of hydrogen-bond acceptors (Lipinski definition) is 4. The van der Waals surface area contributed by atoms with Crippen molar-refractivity contribution in [3.05, 3.63) is 45.4 Å². The second-order valence-corrected chi connectivity index (χ2v) is 5.77. The molecule has 1 amide bonds. The van der Waals surface area contributed by atoms with Crippen molar-refractivity contribution in [2.24, 2.45) is 0 Å². The molecule has 5 nitrogen and oxygen atoms in total. The summed E-state index contributed by atoms with van der Waals surface area (Å²) < 4.78 is 0. The Morgan fingerprint density at radius 3 is 2.71 bits per heavy atom. The molecule has 110 valence electrons. The lowest BCUT2D eigenvalue weighted by Crippen LogP contribution is -2.16. The minimum Gasteiger partial charge on any atom is -0.478 e. The summed E-state index contributed by atoms with van der Waals surface area (Å²) in [6.07, 6.45) is 0.820. The van der Waals surface area contributed by atoms with E-state index in [0.29, 0.717) is 12.1 Å². The molecule has 21 heavy (non-hydrogen) atoms. The number of hydrogen-bond donors (Lipinski definition) is 2. The van der Waals surface area contributed by atoms with E-state index in [1.54, 1.807) is 30.4 Å². The van der Waals surface area contributed by atoms with E-state index in [4.69, 9.17) is 5.11 Å². The second-order valence-electron chi connectivity index (χ2n) is 4.71. The van der Waals surface area contributed by atoms with Gasteiger partial charge >= 0.3 is 5.97 Å². The monoisotopic (exact) mass is 304 g/mol. The van der Waals surface area contributed by atoms with Gasteiger partial charge in [0, 0.05) is 11.8 Å². The zero-order valence-corrected chi connectivity index (χ0v) is 12.7. The number of nitrogens with zero attached hydrogens (tertiary/aromatic N) is 1. The molecule has 0 aliphatic carbocycles. The number of benzene rings is 1. The van der Waals surface area contributed by atoms with E-state index >= 15 is 0 Å². The van der Waals surface area contributed by atoms with Crippen LogP contribution in [0.25, 0.3) is 0 Å². The van der Waals surface area contributed by atoms with Crippen LogP contribution in [0.5, 0.6) is 0 Å². The number of rotatable bonds is 5. The van der Waals surface area contributed by atoms with Gasteiger partial charge in [0.05, 0.1) is 22.0 Å². The van der Waals surface area contributed by atoms with Crippen molar-refractivity contribution in [2.75, 3.05) is 5.32 Å². The Kier molecular flexibility index (Phi) is 4.70. The highest BCUT2D eigenvalue weighted by Crippen LogP contribution is 2.21. The maximum atomic E-state index is 12.0. The molecule has 0 radical (unpaired) electrons. The first-order valence-electron chi connectivity index (χ1n) is 6.51. The van der Waals surface area contributed by atoms with Crippen molar-refractivity contribution < 1.29 is 14.7 Å². The summed E-state index contributed by atoms with van der Waals surface area (Å²) in [6.45, 7) is 3.69. The number of carbonyl (C=O) groups is 2. The minimum absolute atomic E-state index is 0.104. The first-order chi connectivity index (χ1) is 9.97. The number of nitrogens with one attached hydrogen (secondary N) is 1. The predicted molar refractivity (Wildman–Crippen MR) is 81.9 cm³/mol. The van der Waals surface area contributed by atoms with Crippen LogP contribution in [-0.2, 0) is 11.2 Å². The van der Waals surface area contributed by atoms with Crippen molar-refractivity contribution in [3.8, 4) is 0 Å². The van der Waals surface area contributed by atoms with Gasteiger partial charge in [-0.15, -0.1) is 11.3 Å². The standard InChI is InChI=1S/C15H16N2O3S/c1-9-4-3-5-12(15(19)20)14(9)17-13(18)7-6-11-8-21-10(2)16-11/h3-5,8H,6-7H2,1-2H3,(H,17,18)(H,19,20). The van der Waals surface area contributed by atoms with Gasteiger partial charge in [-0.3, -0.25) is 4.79 Å². The second kappa shape index (κ2) is 6.49. The van der Waals surface area contributed by atoms with E-state index in [0.717, 1.165) is 16.3 Å². The predicted octanol–water partition coefficient (Wildman–Crippen LogP) is 3.03. The van der Waals surface area contributed by atoms with Crippen LogP contribution in [0, 0.1) is 13.8 Å². The number of carbonyl (C=O) groups excluding carboxylic acids is 1. The highest BCUT2D eigenvalue weighted by atomic mass is 32.1. The van der Waals surface area contributed by atoms with Gasteiger partial charge in [0.15, 0.2) is 0 Å². The quantitative estimate of drug-likeness (QED) is 0.890. The van der Waals surface area contributed by atoms with Crippen LogP contribution in [0.3, 0.4) is 0 Å². The van der Waals surface area contributed by atoms with E-state index in [-0.39, 0.29) is 17.9 Å². The van der Waals surface area contributed by atoms with Gasteiger partial charge in [0.2, 0.25) is 5.91 Å². The summed E-state index contributed by atoms with van der Waals surface area (Å²) >= 11 is 1.55. The molecule has 1 heterocycles. The Hall–Kier alpha value is -2.21. The highest BCUT2D eigenvalue weighted by molar-refractivity contribution is 7.09. The van der Waals surface area contributed by atoms with Gasteiger partial charge in [-0.1, -0.05) is 12.1 Å². The number of carboxylic acids is 1. The maximum absolute atomic E-state index is 12.0. The maximum Gasteiger partial charge on any atom is 0.337 e. The van der Waals surface area contributed by atoms with E-state index < -0.39 is 5.97 Å². The van der Waals surface area contributed by atoms with Gasteiger partial charge in [0.25, 0.3) is 0 Å². The molecule has 6 heteroatoms. The first-order valence-corrected chi connectivity index (χ1v) is 7.39. The average Bonchev–Trinajstić information content (AvgIpc) is 2.84. The fourth-order valence-electron chi connectivity index (χ4n) is 1.98. The number of anilines is 1. The van der Waals surface area contributed by atoms with Crippen LogP contribution in [-0.4, -0.2) is 22.0 Å². The summed E-state index contributed by atoms with van der Waals surface area (Å²) in [5, 5.41) is 14.7. The van der Waals surface area contributed by atoms with Gasteiger partial charge in [0.1, 0.15) is 0 Å². The van der Waals surface area contributed by atoms with Gasteiger partial charge in [-0.25, -0.2) is 9.78 Å². The molecule has 0 fully saturated rings. The van der Waals surface area contributed by atoms with E-state index in [1.807, 2.05) is 12.3 Å². The summed E-state index contributed by atoms with van der Waals surface area (Å²) in [6, 6.07) is 4.91. The minimum atomic E-state index is -1.05. The van der Waals surface area contributed by atoms with E-state index in [2.05, 4.69) is 10.3 Å². The number of carboxylic acid groups (broad SMARTS) is 1. The Labute approximate surface area is 126 Å². The normalized spacial score (nSPS) is 10.4. The summed E-state index contributed by atoms with van der Waals surface area (Å²) in [5.74, 6) is -1.26. The molecule has 0 saturated carbocycles. The Morgan fingerprint density at radius 2 is 2.10 bits per heavy atom. The molecule has 0 unspecified atom stereocenters. The van der Waals surface area contributed by atoms with Gasteiger partial charge in [-0.2, -0.15) is 0 Å². The van der Waals surface area contributed by atoms with Crippen LogP contribution < -0.4 is 5.32 Å². The molecule has 2 N–H and O–H groups in total. The molecule has 1 aromatic heterocycles. The van der Waals surface area contributed by atoms with Crippen molar-refractivity contribution in [3.63, 3.8) is 0 Å². The topological polar surface area (TPSA) is 79.3 Å². The molecule has 0 aliphatic rings. The van der Waals surface area contributed by atoms with Crippen molar-refractivity contribution in [1.82, 2.24) is 4.98 Å². The molecule has 1 aromatic carbocycles. The summed E-state index contributed by atoms with van der Waals surface area (Å²) in [7, 11) is 0. The van der Waals surface area contributed by atoms with Crippen molar-refractivity contribution in [1.29, 1.82) is 0 Å². The van der Waals surface area contributed by atoms with E-state index in [1.165, 1.54) is 6.07 Å². The average molecular weight is 304 g/mol. The van der Waals surface area contributed by atoms with Crippen LogP contribution >= 0.6 is 11.3 Å². The Morgan fingerprint density at radius 1 is 1.33 bits per heavy atom. The molecule has 0 saturated heterocycles. The third kappa shape index (κ3) is 3.88.